The molecule has 0 spiro atoms. The van der Waals surface area contributed by atoms with Crippen LogP contribution in [-0.4, -0.2) is 13.4 Å². The van der Waals surface area contributed by atoms with Crippen LogP contribution in [0.3, 0.4) is 0 Å². The molecule has 1 aliphatic rings. The van der Waals surface area contributed by atoms with Crippen LogP contribution in [0, 0.1) is 0 Å². The second-order valence-corrected chi connectivity index (χ2v) is 8.35. The minimum absolute atomic E-state index is 0.288. The number of fused-ring (bicyclic) bond motifs is 1. The Bertz CT molecular complexity index is 1030. The molecule has 0 atom stereocenters. The Balaban J connectivity index is 1.49. The predicted molar refractivity (Wildman–Crippen MR) is 108 cm³/mol. The average molecular weight is 379 g/mol. The Hall–Kier alpha value is -2.86. The van der Waals surface area contributed by atoms with E-state index in [1.165, 1.54) is 12.0 Å². The molecule has 138 valence electrons. The van der Waals surface area contributed by atoms with Crippen molar-refractivity contribution in [3.63, 3.8) is 0 Å². The summed E-state index contributed by atoms with van der Waals surface area (Å²) in [4.78, 5) is 4.51. The van der Waals surface area contributed by atoms with Gasteiger partial charge in [0.2, 0.25) is 0 Å². The number of aryl methyl sites for hydroxylation is 2. The molecule has 0 saturated heterocycles. The molecule has 1 aliphatic carbocycles. The maximum Gasteiger partial charge on any atom is 0.263 e. The third kappa shape index (κ3) is 4.11. The molecular weight excluding hydrogens is 358 g/mol. The van der Waals surface area contributed by atoms with Crippen molar-refractivity contribution in [2.24, 2.45) is 0 Å². The summed E-state index contributed by atoms with van der Waals surface area (Å²) in [6.45, 7) is 0. The Labute approximate surface area is 159 Å². The number of hydrogen-bond acceptors (Lipinski definition) is 4. The molecule has 27 heavy (non-hydrogen) atoms. The molecule has 1 aromatic heterocycles. The number of anilines is 3. The molecule has 0 amide bonds. The lowest BCUT2D eigenvalue weighted by molar-refractivity contribution is 0.600. The fraction of sp³-hybridized carbons (Fsp3) is 0.190. The zero-order chi connectivity index (χ0) is 18.7. The number of pyridine rings is 1. The number of aromatic nitrogens is 1. The number of sulfonamides is 1. The van der Waals surface area contributed by atoms with Gasteiger partial charge in [0.1, 0.15) is 5.82 Å². The molecule has 0 fully saturated rings. The maximum absolute atomic E-state index is 12.7. The molecule has 5 nitrogen and oxygen atoms in total. The minimum Gasteiger partial charge on any atom is -0.354 e. The average Bonchev–Trinajstić information content (AvgIpc) is 2.70. The molecule has 3 aromatic rings. The molecule has 0 aliphatic heterocycles. The molecule has 0 unspecified atom stereocenters. The molecule has 0 saturated carbocycles. The van der Waals surface area contributed by atoms with Crippen LogP contribution in [0.5, 0.6) is 0 Å². The van der Waals surface area contributed by atoms with E-state index in [1.54, 1.807) is 30.5 Å². The zero-order valence-electron chi connectivity index (χ0n) is 14.9. The molecule has 0 radical (unpaired) electrons. The SMILES string of the molecule is O=S(=O)(Nc1ccc(Nc2ccccc2)cn1)c1ccc2c(c1)CCCC2. The fourth-order valence-electron chi connectivity index (χ4n) is 3.29. The van der Waals surface area contributed by atoms with Crippen molar-refractivity contribution < 1.29 is 8.42 Å². The summed E-state index contributed by atoms with van der Waals surface area (Å²) in [5, 5.41) is 3.22. The van der Waals surface area contributed by atoms with Gasteiger partial charge in [-0.1, -0.05) is 24.3 Å². The summed E-state index contributed by atoms with van der Waals surface area (Å²) in [5.41, 5.74) is 4.13. The standard InChI is InChI=1S/C21H21N3O2S/c25-27(26,20-12-10-16-6-4-5-7-17(16)14-20)24-21-13-11-19(15-22-21)23-18-8-2-1-3-9-18/h1-3,8-15,23H,4-7H2,(H,22,24). The van der Waals surface area contributed by atoms with E-state index in [4.69, 9.17) is 0 Å². The van der Waals surface area contributed by atoms with Gasteiger partial charge in [-0.05, 0) is 73.2 Å². The Morgan fingerprint density at radius 3 is 2.33 bits per heavy atom. The highest BCUT2D eigenvalue weighted by Gasteiger charge is 2.18. The number of hydrogen-bond donors (Lipinski definition) is 2. The molecular formula is C21H21N3O2S. The lowest BCUT2D eigenvalue weighted by Crippen LogP contribution is -2.15. The van der Waals surface area contributed by atoms with Gasteiger partial charge in [-0.15, -0.1) is 0 Å². The van der Waals surface area contributed by atoms with Crippen LogP contribution in [-0.2, 0) is 22.9 Å². The van der Waals surface area contributed by atoms with Gasteiger partial charge in [0.25, 0.3) is 10.0 Å². The largest absolute Gasteiger partial charge is 0.354 e. The van der Waals surface area contributed by atoms with Crippen molar-refractivity contribution in [1.29, 1.82) is 0 Å². The van der Waals surface area contributed by atoms with E-state index < -0.39 is 10.0 Å². The lowest BCUT2D eigenvalue weighted by atomic mass is 9.92. The van der Waals surface area contributed by atoms with Crippen molar-refractivity contribution in [2.75, 3.05) is 10.0 Å². The van der Waals surface area contributed by atoms with Crippen LogP contribution in [0.1, 0.15) is 24.0 Å². The van der Waals surface area contributed by atoms with Gasteiger partial charge in [0.05, 0.1) is 16.8 Å². The second-order valence-electron chi connectivity index (χ2n) is 6.67. The van der Waals surface area contributed by atoms with E-state index in [0.29, 0.717) is 5.82 Å². The fourth-order valence-corrected chi connectivity index (χ4v) is 4.35. The minimum atomic E-state index is -3.65. The molecule has 2 N–H and O–H groups in total. The van der Waals surface area contributed by atoms with Crippen LogP contribution in [0.25, 0.3) is 0 Å². The molecule has 2 aromatic carbocycles. The Morgan fingerprint density at radius 2 is 1.59 bits per heavy atom. The van der Waals surface area contributed by atoms with Crippen molar-refractivity contribution in [3.05, 3.63) is 78.0 Å². The van der Waals surface area contributed by atoms with Gasteiger partial charge in [0, 0.05) is 5.69 Å². The second kappa shape index (κ2) is 7.40. The van der Waals surface area contributed by atoms with Crippen molar-refractivity contribution >= 4 is 27.2 Å². The first-order valence-corrected chi connectivity index (χ1v) is 10.5. The Morgan fingerprint density at radius 1 is 0.815 bits per heavy atom. The van der Waals surface area contributed by atoms with E-state index in [0.717, 1.165) is 36.2 Å². The first-order chi connectivity index (χ1) is 13.1. The molecule has 6 heteroatoms. The normalized spacial score (nSPS) is 13.6. The summed E-state index contributed by atoms with van der Waals surface area (Å²) in [6, 6.07) is 18.6. The van der Waals surface area contributed by atoms with Gasteiger partial charge < -0.3 is 5.32 Å². The summed E-state index contributed by atoms with van der Waals surface area (Å²) >= 11 is 0. The third-order valence-electron chi connectivity index (χ3n) is 4.70. The topological polar surface area (TPSA) is 71.1 Å². The van der Waals surface area contributed by atoms with Crippen molar-refractivity contribution in [1.82, 2.24) is 4.98 Å². The highest BCUT2D eigenvalue weighted by atomic mass is 32.2. The Kier molecular flexibility index (Phi) is 4.81. The lowest BCUT2D eigenvalue weighted by Gasteiger charge is -2.17. The number of nitrogens with zero attached hydrogens (tertiary/aromatic N) is 1. The summed E-state index contributed by atoms with van der Waals surface area (Å²) < 4.78 is 28.0. The van der Waals surface area contributed by atoms with Gasteiger partial charge in [-0.2, -0.15) is 0 Å². The first kappa shape index (κ1) is 17.5. The van der Waals surface area contributed by atoms with Gasteiger partial charge >= 0.3 is 0 Å². The molecule has 4 rings (SSSR count). The number of benzene rings is 2. The number of rotatable bonds is 5. The summed E-state index contributed by atoms with van der Waals surface area (Å²) in [6.07, 6.45) is 5.86. The highest BCUT2D eigenvalue weighted by molar-refractivity contribution is 7.92. The first-order valence-electron chi connectivity index (χ1n) is 9.03. The highest BCUT2D eigenvalue weighted by Crippen LogP contribution is 2.25. The van der Waals surface area contributed by atoms with Crippen LogP contribution in [0.2, 0.25) is 0 Å². The van der Waals surface area contributed by atoms with Gasteiger partial charge in [-0.3, -0.25) is 4.72 Å². The van der Waals surface area contributed by atoms with E-state index >= 15 is 0 Å². The zero-order valence-corrected chi connectivity index (χ0v) is 15.7. The van der Waals surface area contributed by atoms with E-state index in [1.807, 2.05) is 36.4 Å². The molecule has 1 heterocycles. The van der Waals surface area contributed by atoms with Crippen LogP contribution in [0.15, 0.2) is 71.8 Å². The van der Waals surface area contributed by atoms with E-state index in [-0.39, 0.29) is 4.90 Å². The smallest absolute Gasteiger partial charge is 0.263 e. The van der Waals surface area contributed by atoms with Gasteiger partial charge in [0.15, 0.2) is 0 Å². The number of nitrogens with one attached hydrogen (secondary N) is 2. The van der Waals surface area contributed by atoms with E-state index in [9.17, 15) is 8.42 Å². The molecule has 0 bridgehead atoms. The van der Waals surface area contributed by atoms with Crippen LogP contribution in [0.4, 0.5) is 17.2 Å². The quantitative estimate of drug-likeness (QED) is 0.684. The number of para-hydroxylation sites is 1. The van der Waals surface area contributed by atoms with Gasteiger partial charge in [-0.25, -0.2) is 13.4 Å². The van der Waals surface area contributed by atoms with E-state index in [2.05, 4.69) is 15.0 Å². The van der Waals surface area contributed by atoms with Crippen molar-refractivity contribution in [3.8, 4) is 0 Å². The third-order valence-corrected chi connectivity index (χ3v) is 6.05. The van der Waals surface area contributed by atoms with Crippen molar-refractivity contribution in [2.45, 2.75) is 30.6 Å². The predicted octanol–water partition coefficient (Wildman–Crippen LogP) is 4.50. The monoisotopic (exact) mass is 379 g/mol. The maximum atomic E-state index is 12.7. The van der Waals surface area contributed by atoms with Crippen LogP contribution >= 0.6 is 0 Å². The summed E-state index contributed by atoms with van der Waals surface area (Å²) in [7, 11) is -3.65. The van der Waals surface area contributed by atoms with Crippen LogP contribution < -0.4 is 10.0 Å². The summed E-state index contributed by atoms with van der Waals surface area (Å²) in [5.74, 6) is 0.298.